The molecule has 1 amide bonds. The second kappa shape index (κ2) is 6.97. The molecule has 0 bridgehead atoms. The van der Waals surface area contributed by atoms with Crippen molar-refractivity contribution in [1.82, 2.24) is 9.97 Å². The summed E-state index contributed by atoms with van der Waals surface area (Å²) in [6.07, 6.45) is 7.93. The molecule has 0 spiro atoms. The van der Waals surface area contributed by atoms with Crippen LogP contribution in [0.1, 0.15) is 5.76 Å². The number of furan rings is 1. The number of hydrogen-bond acceptors (Lipinski definition) is 5. The van der Waals surface area contributed by atoms with Gasteiger partial charge in [0.05, 0.1) is 11.8 Å². The van der Waals surface area contributed by atoms with Crippen LogP contribution in [0.25, 0.3) is 28.6 Å². The van der Waals surface area contributed by atoms with Crippen molar-refractivity contribution in [2.45, 2.75) is 0 Å². The molecular formula is C19H12BrN3O3. The van der Waals surface area contributed by atoms with E-state index in [1.54, 1.807) is 55.1 Å². The Bertz CT molecular complexity index is 1100. The van der Waals surface area contributed by atoms with Crippen LogP contribution < -0.4 is 5.32 Å². The van der Waals surface area contributed by atoms with Crippen molar-refractivity contribution in [3.8, 4) is 11.5 Å². The zero-order chi connectivity index (χ0) is 17.9. The van der Waals surface area contributed by atoms with Crippen molar-refractivity contribution in [2.24, 2.45) is 0 Å². The Labute approximate surface area is 156 Å². The number of halogens is 1. The first-order valence-corrected chi connectivity index (χ1v) is 8.51. The molecule has 0 unspecified atom stereocenters. The minimum Gasteiger partial charge on any atom is -0.465 e. The van der Waals surface area contributed by atoms with Crippen LogP contribution in [0.4, 0.5) is 5.69 Å². The first kappa shape index (κ1) is 16.3. The molecule has 7 heteroatoms. The summed E-state index contributed by atoms with van der Waals surface area (Å²) < 4.78 is 11.7. The Kier molecular flexibility index (Phi) is 4.37. The molecule has 4 aromatic rings. The second-order valence-corrected chi connectivity index (χ2v) is 6.35. The number of anilines is 1. The van der Waals surface area contributed by atoms with Gasteiger partial charge in [0, 0.05) is 28.6 Å². The zero-order valence-corrected chi connectivity index (χ0v) is 14.9. The molecule has 0 aliphatic heterocycles. The molecule has 1 aromatic carbocycles. The number of carbonyl (C=O) groups is 1. The van der Waals surface area contributed by atoms with Gasteiger partial charge >= 0.3 is 0 Å². The number of aromatic nitrogens is 2. The van der Waals surface area contributed by atoms with E-state index in [1.807, 2.05) is 6.07 Å². The molecule has 1 N–H and O–H groups in total. The van der Waals surface area contributed by atoms with E-state index in [4.69, 9.17) is 8.83 Å². The van der Waals surface area contributed by atoms with Gasteiger partial charge in [-0.15, -0.1) is 0 Å². The third kappa shape index (κ3) is 3.57. The molecule has 6 nitrogen and oxygen atoms in total. The van der Waals surface area contributed by atoms with Crippen LogP contribution in [0.5, 0.6) is 0 Å². The van der Waals surface area contributed by atoms with Crippen molar-refractivity contribution >= 4 is 44.7 Å². The number of hydrogen-bond donors (Lipinski definition) is 1. The molecule has 0 aliphatic rings. The molecule has 0 saturated carbocycles. The van der Waals surface area contributed by atoms with Crippen molar-refractivity contribution in [3.05, 3.63) is 71.4 Å². The molecule has 0 aliphatic carbocycles. The molecule has 0 saturated heterocycles. The maximum atomic E-state index is 12.0. The van der Waals surface area contributed by atoms with Crippen LogP contribution in [-0.4, -0.2) is 15.9 Å². The summed E-state index contributed by atoms with van der Waals surface area (Å²) in [4.78, 5) is 20.6. The first-order chi connectivity index (χ1) is 12.7. The summed E-state index contributed by atoms with van der Waals surface area (Å²) in [7, 11) is 0. The fourth-order valence-corrected chi connectivity index (χ4v) is 2.75. The van der Waals surface area contributed by atoms with E-state index in [2.05, 4.69) is 31.2 Å². The maximum absolute atomic E-state index is 12.0. The van der Waals surface area contributed by atoms with E-state index in [9.17, 15) is 4.79 Å². The lowest BCUT2D eigenvalue weighted by Crippen LogP contribution is -2.07. The SMILES string of the molecule is O=C(C=Cc1ccco1)Nc1ccc2oc(-c3cncc(Br)c3)nc2c1. The van der Waals surface area contributed by atoms with Gasteiger partial charge in [-0.2, -0.15) is 0 Å². The third-order valence-corrected chi connectivity index (χ3v) is 3.98. The maximum Gasteiger partial charge on any atom is 0.248 e. The number of amides is 1. The van der Waals surface area contributed by atoms with Gasteiger partial charge in [0.2, 0.25) is 11.8 Å². The number of rotatable bonds is 4. The highest BCUT2D eigenvalue weighted by Crippen LogP contribution is 2.27. The molecular weight excluding hydrogens is 398 g/mol. The van der Waals surface area contributed by atoms with Crippen LogP contribution in [-0.2, 0) is 4.79 Å². The topological polar surface area (TPSA) is 81.2 Å². The van der Waals surface area contributed by atoms with E-state index < -0.39 is 0 Å². The minimum atomic E-state index is -0.263. The molecule has 26 heavy (non-hydrogen) atoms. The smallest absolute Gasteiger partial charge is 0.248 e. The highest BCUT2D eigenvalue weighted by atomic mass is 79.9. The molecule has 0 atom stereocenters. The Morgan fingerprint density at radius 1 is 1.19 bits per heavy atom. The molecule has 4 rings (SSSR count). The number of nitrogens with one attached hydrogen (secondary N) is 1. The van der Waals surface area contributed by atoms with Crippen molar-refractivity contribution in [2.75, 3.05) is 5.32 Å². The van der Waals surface area contributed by atoms with Gasteiger partial charge in [-0.3, -0.25) is 9.78 Å². The van der Waals surface area contributed by atoms with E-state index in [-0.39, 0.29) is 5.91 Å². The quantitative estimate of drug-likeness (QED) is 0.484. The largest absolute Gasteiger partial charge is 0.465 e. The van der Waals surface area contributed by atoms with Crippen LogP contribution in [0.2, 0.25) is 0 Å². The lowest BCUT2D eigenvalue weighted by atomic mass is 10.2. The van der Waals surface area contributed by atoms with Crippen LogP contribution in [0, 0.1) is 0 Å². The third-order valence-electron chi connectivity index (χ3n) is 3.55. The van der Waals surface area contributed by atoms with Crippen molar-refractivity contribution in [1.29, 1.82) is 0 Å². The Morgan fingerprint density at radius 3 is 2.92 bits per heavy atom. The van der Waals surface area contributed by atoms with E-state index >= 15 is 0 Å². The van der Waals surface area contributed by atoms with Gasteiger partial charge in [-0.25, -0.2) is 4.98 Å². The van der Waals surface area contributed by atoms with E-state index in [0.717, 1.165) is 10.0 Å². The zero-order valence-electron chi connectivity index (χ0n) is 13.3. The predicted octanol–water partition coefficient (Wildman–Crippen LogP) is 4.90. The second-order valence-electron chi connectivity index (χ2n) is 5.43. The van der Waals surface area contributed by atoms with Crippen LogP contribution in [0.3, 0.4) is 0 Å². The summed E-state index contributed by atoms with van der Waals surface area (Å²) in [5.74, 6) is 0.815. The minimum absolute atomic E-state index is 0.263. The fourth-order valence-electron chi connectivity index (χ4n) is 2.39. The number of benzene rings is 1. The molecule has 3 aromatic heterocycles. The van der Waals surface area contributed by atoms with Crippen LogP contribution >= 0.6 is 15.9 Å². The van der Waals surface area contributed by atoms with Gasteiger partial charge in [0.15, 0.2) is 5.58 Å². The standard InChI is InChI=1S/C19H12BrN3O3/c20-13-8-12(10-21-11-13)19-23-16-9-14(3-5-17(16)26-19)22-18(24)6-4-15-2-1-7-25-15/h1-11H,(H,22,24). The monoisotopic (exact) mass is 409 g/mol. The lowest BCUT2D eigenvalue weighted by molar-refractivity contribution is -0.111. The van der Waals surface area contributed by atoms with Gasteiger partial charge in [-0.05, 0) is 58.4 Å². The summed E-state index contributed by atoms with van der Waals surface area (Å²) in [5, 5.41) is 2.79. The molecule has 3 heterocycles. The average Bonchev–Trinajstić information content (AvgIpc) is 3.29. The van der Waals surface area contributed by atoms with Crippen molar-refractivity contribution < 1.29 is 13.6 Å². The van der Waals surface area contributed by atoms with Gasteiger partial charge in [0.1, 0.15) is 11.3 Å². The van der Waals surface area contributed by atoms with Gasteiger partial charge in [-0.1, -0.05) is 0 Å². The summed E-state index contributed by atoms with van der Waals surface area (Å²) in [5.41, 5.74) is 2.67. The number of oxazole rings is 1. The summed E-state index contributed by atoms with van der Waals surface area (Å²) >= 11 is 3.38. The highest BCUT2D eigenvalue weighted by Gasteiger charge is 2.10. The fraction of sp³-hybridized carbons (Fsp3) is 0. The summed E-state index contributed by atoms with van der Waals surface area (Å²) in [6, 6.07) is 10.7. The number of carbonyl (C=O) groups excluding carboxylic acids is 1. The first-order valence-electron chi connectivity index (χ1n) is 7.71. The van der Waals surface area contributed by atoms with Crippen LogP contribution in [0.15, 0.2) is 74.4 Å². The normalized spacial score (nSPS) is 11.3. The lowest BCUT2D eigenvalue weighted by Gasteiger charge is -2.00. The van der Waals surface area contributed by atoms with Gasteiger partial charge in [0.25, 0.3) is 0 Å². The number of pyridine rings is 1. The molecule has 0 fully saturated rings. The Morgan fingerprint density at radius 2 is 2.12 bits per heavy atom. The predicted molar refractivity (Wildman–Crippen MR) is 101 cm³/mol. The van der Waals surface area contributed by atoms with E-state index in [0.29, 0.717) is 28.4 Å². The van der Waals surface area contributed by atoms with E-state index in [1.165, 1.54) is 6.08 Å². The Hall–Kier alpha value is -3.19. The van der Waals surface area contributed by atoms with Crippen molar-refractivity contribution in [3.63, 3.8) is 0 Å². The number of fused-ring (bicyclic) bond motifs is 1. The van der Waals surface area contributed by atoms with Gasteiger partial charge < -0.3 is 14.2 Å². The molecule has 128 valence electrons. The number of nitrogens with zero attached hydrogens (tertiary/aromatic N) is 2. The Balaban J connectivity index is 1.55. The summed E-state index contributed by atoms with van der Waals surface area (Å²) in [6.45, 7) is 0. The highest BCUT2D eigenvalue weighted by molar-refractivity contribution is 9.10. The molecule has 0 radical (unpaired) electrons. The average molecular weight is 410 g/mol.